The van der Waals surface area contributed by atoms with E-state index in [0.29, 0.717) is 5.78 Å². The van der Waals surface area contributed by atoms with Crippen molar-refractivity contribution in [2.75, 3.05) is 0 Å². The van der Waals surface area contributed by atoms with Gasteiger partial charge in [0.2, 0.25) is 11.7 Å². The van der Waals surface area contributed by atoms with Crippen LogP contribution in [0.1, 0.15) is 24.2 Å². The van der Waals surface area contributed by atoms with Gasteiger partial charge in [0.05, 0.1) is 6.04 Å². The molecule has 1 atom stereocenters. The molecule has 0 aliphatic rings. The Bertz CT molecular complexity index is 1340. The van der Waals surface area contributed by atoms with Gasteiger partial charge in [0, 0.05) is 18.9 Å². The summed E-state index contributed by atoms with van der Waals surface area (Å²) in [5.41, 5.74) is 6.49. The number of amides is 1. The third kappa shape index (κ3) is 2.47. The number of aromatic nitrogens is 5. The van der Waals surface area contributed by atoms with Gasteiger partial charge in [-0.2, -0.15) is 4.98 Å². The smallest absolute Gasteiger partial charge is 0.332 e. The predicted octanol–water partition coefficient (Wildman–Crippen LogP) is 0.552. The zero-order valence-corrected chi connectivity index (χ0v) is 15.8. The van der Waals surface area contributed by atoms with E-state index in [-0.39, 0.29) is 17.2 Å². The molecule has 2 N–H and O–H groups in total. The Kier molecular flexibility index (Phi) is 3.95. The number of rotatable bonds is 4. The third-order valence-corrected chi connectivity index (χ3v) is 5.05. The molecule has 1 amide bonds. The highest BCUT2D eigenvalue weighted by molar-refractivity contribution is 5.77. The van der Waals surface area contributed by atoms with Gasteiger partial charge in [-0.05, 0) is 19.4 Å². The largest absolute Gasteiger partial charge is 0.368 e. The maximum atomic E-state index is 12.9. The first kappa shape index (κ1) is 17.8. The summed E-state index contributed by atoms with van der Waals surface area (Å²) in [6.07, 6.45) is 1.81. The summed E-state index contributed by atoms with van der Waals surface area (Å²) in [5.74, 6) is -0.210. The highest BCUT2D eigenvalue weighted by atomic mass is 16.2. The third-order valence-electron chi connectivity index (χ3n) is 5.05. The van der Waals surface area contributed by atoms with E-state index >= 15 is 0 Å². The molecular weight excluding hydrogens is 360 g/mol. The van der Waals surface area contributed by atoms with E-state index in [9.17, 15) is 14.4 Å². The Balaban J connectivity index is 2.06. The Hall–Kier alpha value is -3.62. The van der Waals surface area contributed by atoms with Gasteiger partial charge in [-0.15, -0.1) is 0 Å². The van der Waals surface area contributed by atoms with Gasteiger partial charge in [0.25, 0.3) is 5.56 Å². The number of carbonyl (C=O) groups is 1. The molecule has 0 saturated heterocycles. The minimum Gasteiger partial charge on any atom is -0.368 e. The number of hydrogen-bond donors (Lipinski definition) is 1. The molecule has 4 aromatic rings. The first-order valence-corrected chi connectivity index (χ1v) is 8.84. The van der Waals surface area contributed by atoms with Crippen molar-refractivity contribution in [2.45, 2.75) is 26.4 Å². The van der Waals surface area contributed by atoms with E-state index in [0.717, 1.165) is 15.8 Å². The van der Waals surface area contributed by atoms with Crippen LogP contribution in [-0.4, -0.2) is 29.0 Å². The second-order valence-corrected chi connectivity index (χ2v) is 6.88. The lowest BCUT2D eigenvalue weighted by atomic mass is 10.1. The van der Waals surface area contributed by atoms with Crippen molar-refractivity contribution in [1.29, 1.82) is 0 Å². The highest BCUT2D eigenvalue weighted by Gasteiger charge is 2.22. The molecule has 1 aromatic carbocycles. The Morgan fingerprint density at radius 2 is 1.89 bits per heavy atom. The van der Waals surface area contributed by atoms with Crippen LogP contribution in [0.15, 0.2) is 46.1 Å². The van der Waals surface area contributed by atoms with E-state index in [2.05, 4.69) is 4.98 Å². The van der Waals surface area contributed by atoms with Crippen LogP contribution >= 0.6 is 0 Å². The maximum absolute atomic E-state index is 12.9. The summed E-state index contributed by atoms with van der Waals surface area (Å²) < 4.78 is 5.78. The number of primary amides is 1. The molecule has 0 radical (unpaired) electrons. The van der Waals surface area contributed by atoms with Crippen LogP contribution in [0, 0.1) is 6.92 Å². The van der Waals surface area contributed by atoms with Crippen molar-refractivity contribution >= 4 is 22.8 Å². The zero-order chi connectivity index (χ0) is 20.2. The van der Waals surface area contributed by atoms with Gasteiger partial charge in [0.15, 0.2) is 11.2 Å². The van der Waals surface area contributed by atoms with Gasteiger partial charge in [0.1, 0.15) is 6.54 Å². The molecule has 28 heavy (non-hydrogen) atoms. The molecular formula is C19H20N6O3. The average Bonchev–Trinajstić information content (AvgIpc) is 3.18. The van der Waals surface area contributed by atoms with E-state index in [1.807, 2.05) is 54.9 Å². The predicted molar refractivity (Wildman–Crippen MR) is 104 cm³/mol. The summed E-state index contributed by atoms with van der Waals surface area (Å²) in [5, 5.41) is 0. The van der Waals surface area contributed by atoms with Crippen LogP contribution in [0.25, 0.3) is 16.9 Å². The van der Waals surface area contributed by atoms with Crippen molar-refractivity contribution in [2.24, 2.45) is 12.8 Å². The van der Waals surface area contributed by atoms with Crippen molar-refractivity contribution in [3.05, 3.63) is 68.6 Å². The molecule has 3 heterocycles. The van der Waals surface area contributed by atoms with Gasteiger partial charge in [-0.1, -0.05) is 30.3 Å². The zero-order valence-electron chi connectivity index (χ0n) is 15.8. The Morgan fingerprint density at radius 1 is 1.21 bits per heavy atom. The number of aryl methyl sites for hydroxylation is 2. The molecule has 0 fully saturated rings. The molecule has 4 rings (SSSR count). The molecule has 0 bridgehead atoms. The molecule has 1 unspecified atom stereocenters. The van der Waals surface area contributed by atoms with Gasteiger partial charge in [-0.3, -0.25) is 18.6 Å². The number of carbonyl (C=O) groups excluding carboxylic acids is 1. The summed E-state index contributed by atoms with van der Waals surface area (Å²) in [7, 11) is 1.52. The fourth-order valence-electron chi connectivity index (χ4n) is 3.68. The standard InChI is InChI=1S/C19H20N6O3/c1-11-9-23-15-16(22(3)19(28)24(17(15)27)10-14(20)26)21-18(23)25(11)12(2)13-7-5-4-6-8-13/h4-9,12H,10H2,1-3H3,(H2,20,26). The van der Waals surface area contributed by atoms with Crippen LogP contribution in [0.4, 0.5) is 0 Å². The van der Waals surface area contributed by atoms with Crippen LogP contribution in [0.3, 0.4) is 0 Å². The molecule has 144 valence electrons. The monoisotopic (exact) mass is 380 g/mol. The molecule has 0 saturated carbocycles. The number of fused-ring (bicyclic) bond motifs is 3. The van der Waals surface area contributed by atoms with Crippen molar-refractivity contribution in [1.82, 2.24) is 23.1 Å². The van der Waals surface area contributed by atoms with Gasteiger partial charge in [-0.25, -0.2) is 9.36 Å². The van der Waals surface area contributed by atoms with Crippen molar-refractivity contribution < 1.29 is 4.79 Å². The fourth-order valence-corrected chi connectivity index (χ4v) is 3.68. The van der Waals surface area contributed by atoms with Crippen molar-refractivity contribution in [3.63, 3.8) is 0 Å². The van der Waals surface area contributed by atoms with Crippen LogP contribution < -0.4 is 17.0 Å². The number of imidazole rings is 2. The number of hydrogen-bond acceptors (Lipinski definition) is 4. The van der Waals surface area contributed by atoms with Crippen molar-refractivity contribution in [3.8, 4) is 0 Å². The lowest BCUT2D eigenvalue weighted by Gasteiger charge is -2.16. The van der Waals surface area contributed by atoms with Gasteiger partial charge >= 0.3 is 5.69 Å². The normalized spacial score (nSPS) is 12.7. The van der Waals surface area contributed by atoms with E-state index in [4.69, 9.17) is 5.73 Å². The molecule has 9 nitrogen and oxygen atoms in total. The summed E-state index contributed by atoms with van der Waals surface area (Å²) in [6, 6.07) is 9.92. The molecule has 0 aliphatic heterocycles. The molecule has 0 aliphatic carbocycles. The number of nitrogens with two attached hydrogens (primary N) is 1. The molecule has 9 heteroatoms. The molecule has 3 aromatic heterocycles. The minimum absolute atomic E-state index is 0.0274. The van der Waals surface area contributed by atoms with Gasteiger partial charge < -0.3 is 10.3 Å². The highest BCUT2D eigenvalue weighted by Crippen LogP contribution is 2.25. The quantitative estimate of drug-likeness (QED) is 0.558. The first-order valence-electron chi connectivity index (χ1n) is 8.84. The number of nitrogens with zero attached hydrogens (tertiary/aromatic N) is 5. The minimum atomic E-state index is -0.759. The summed E-state index contributed by atoms with van der Waals surface area (Å²) >= 11 is 0. The Labute approximate surface area is 159 Å². The Morgan fingerprint density at radius 3 is 2.54 bits per heavy atom. The summed E-state index contributed by atoms with van der Waals surface area (Å²) in [6.45, 7) is 3.50. The second-order valence-electron chi connectivity index (χ2n) is 6.88. The second kappa shape index (κ2) is 6.22. The van der Waals surface area contributed by atoms with Crippen LogP contribution in [0.2, 0.25) is 0 Å². The van der Waals surface area contributed by atoms with Crippen LogP contribution in [0.5, 0.6) is 0 Å². The van der Waals surface area contributed by atoms with Crippen LogP contribution in [-0.2, 0) is 18.4 Å². The maximum Gasteiger partial charge on any atom is 0.332 e. The van der Waals surface area contributed by atoms with E-state index < -0.39 is 23.7 Å². The number of benzene rings is 1. The lowest BCUT2D eigenvalue weighted by molar-refractivity contribution is -0.118. The first-order chi connectivity index (χ1) is 13.3. The lowest BCUT2D eigenvalue weighted by Crippen LogP contribution is -2.42. The topological polar surface area (TPSA) is 109 Å². The molecule has 0 spiro atoms. The SMILES string of the molecule is Cc1cn2c3c(=O)n(CC(N)=O)c(=O)n(C)c3nc2n1C(C)c1ccccc1. The van der Waals surface area contributed by atoms with E-state index in [1.165, 1.54) is 11.6 Å². The summed E-state index contributed by atoms with van der Waals surface area (Å²) in [4.78, 5) is 41.3. The average molecular weight is 380 g/mol. The van der Waals surface area contributed by atoms with E-state index in [1.54, 1.807) is 4.40 Å². The fraction of sp³-hybridized carbons (Fsp3) is 0.263.